The molecule has 1 unspecified atom stereocenters. The molecule has 0 heterocycles. The van der Waals surface area contributed by atoms with Crippen LogP contribution in [0.5, 0.6) is 0 Å². The molecule has 0 amide bonds. The Morgan fingerprint density at radius 2 is 1.72 bits per heavy atom. The second-order valence-corrected chi connectivity index (χ2v) is 3.70. The number of carboxylic acid groups (broad SMARTS) is 1. The summed E-state index contributed by atoms with van der Waals surface area (Å²) in [5.74, 6) is -0.759. The highest BCUT2D eigenvalue weighted by atomic mass is 35.5. The molecule has 0 spiro atoms. The molecular weight excluding hydrogens is 300 g/mol. The Morgan fingerprint density at radius 1 is 1.11 bits per heavy atom. The molecule has 6 N–H and O–H groups in total. The lowest BCUT2D eigenvalue weighted by atomic mass is 10.2. The van der Waals surface area contributed by atoms with Gasteiger partial charge in [-0.2, -0.15) is 0 Å². The van der Waals surface area contributed by atoms with Gasteiger partial charge in [0.2, 0.25) is 0 Å². The zero-order chi connectivity index (χ0) is 11.5. The number of unbranched alkanes of at least 4 members (excludes halogenated alkanes) is 2. The van der Waals surface area contributed by atoms with Crippen LogP contribution in [0.4, 0.5) is 0 Å². The minimum absolute atomic E-state index is 0. The normalized spacial score (nSPS) is 10.6. The zero-order valence-corrected chi connectivity index (χ0v) is 12.9. The molecule has 0 aromatic rings. The molecule has 18 heavy (non-hydrogen) atoms. The highest BCUT2D eigenvalue weighted by molar-refractivity contribution is 5.86. The number of aliphatic carboxylic acids is 1. The van der Waals surface area contributed by atoms with Crippen LogP contribution in [0.1, 0.15) is 38.5 Å². The monoisotopic (exact) mass is 325 g/mol. The molecule has 0 aliphatic heterocycles. The van der Waals surface area contributed by atoms with Gasteiger partial charge in [0.1, 0.15) is 0 Å². The molecule has 0 rings (SSSR count). The van der Waals surface area contributed by atoms with E-state index < -0.39 is 5.97 Å². The maximum absolute atomic E-state index is 10.2. The third kappa shape index (κ3) is 21.5. The largest absolute Gasteiger partial charge is 0.481 e. The van der Waals surface area contributed by atoms with E-state index in [0.717, 1.165) is 32.4 Å². The number of halogens is 3. The molecule has 0 aliphatic rings. The van der Waals surface area contributed by atoms with Crippen LogP contribution in [0.3, 0.4) is 0 Å². The van der Waals surface area contributed by atoms with Crippen molar-refractivity contribution >= 4 is 43.2 Å². The molecule has 8 heteroatoms. The summed E-state index contributed by atoms with van der Waals surface area (Å²) in [4.78, 5) is 10.2. The molecule has 0 aromatic carbocycles. The predicted octanol–water partition coefficient (Wildman–Crippen LogP) is 1.51. The molecule has 0 aliphatic carbocycles. The average Bonchev–Trinajstić information content (AvgIpc) is 2.17. The summed E-state index contributed by atoms with van der Waals surface area (Å²) in [5, 5.41) is 11.6. The molecule has 0 aromatic heterocycles. The summed E-state index contributed by atoms with van der Waals surface area (Å²) >= 11 is 0. The first-order valence-electron chi connectivity index (χ1n) is 5.57. The zero-order valence-electron chi connectivity index (χ0n) is 10.5. The fraction of sp³-hybridized carbons (Fsp3) is 0.900. The number of rotatable bonds is 10. The fourth-order valence-electron chi connectivity index (χ4n) is 1.31. The van der Waals surface area contributed by atoms with Gasteiger partial charge in [-0.1, -0.05) is 6.42 Å². The van der Waals surface area contributed by atoms with Crippen LogP contribution in [-0.4, -0.2) is 30.3 Å². The second-order valence-electron chi connectivity index (χ2n) is 3.70. The van der Waals surface area contributed by atoms with Gasteiger partial charge >= 0.3 is 5.97 Å². The quantitative estimate of drug-likeness (QED) is 0.360. The lowest BCUT2D eigenvalue weighted by Gasteiger charge is -2.12. The number of carbonyl (C=O) groups is 1. The van der Waals surface area contributed by atoms with Crippen LogP contribution in [-0.2, 0) is 4.79 Å². The van der Waals surface area contributed by atoms with Crippen LogP contribution in [0, 0.1) is 0 Å². The van der Waals surface area contributed by atoms with Crippen molar-refractivity contribution in [3.8, 4) is 0 Å². The standard InChI is InChI=1S/C10H23N3O2.3ClH/c11-7-2-1-3-8-13-9(12)5-4-6-10(14)15;;;/h9,13H,1-8,11-12H2,(H,14,15);3*1H. The van der Waals surface area contributed by atoms with Gasteiger partial charge in [0, 0.05) is 6.42 Å². The van der Waals surface area contributed by atoms with Crippen molar-refractivity contribution in [1.29, 1.82) is 0 Å². The highest BCUT2D eigenvalue weighted by Gasteiger charge is 2.02. The summed E-state index contributed by atoms with van der Waals surface area (Å²) in [7, 11) is 0. The summed E-state index contributed by atoms with van der Waals surface area (Å²) in [5.41, 5.74) is 11.1. The van der Waals surface area contributed by atoms with Crippen LogP contribution in [0.25, 0.3) is 0 Å². The molecular formula is C10H26Cl3N3O2. The number of hydrogen-bond donors (Lipinski definition) is 4. The van der Waals surface area contributed by atoms with E-state index in [9.17, 15) is 4.79 Å². The first-order chi connectivity index (χ1) is 7.16. The van der Waals surface area contributed by atoms with E-state index in [2.05, 4.69) is 5.32 Å². The van der Waals surface area contributed by atoms with Crippen LogP contribution < -0.4 is 16.8 Å². The lowest BCUT2D eigenvalue weighted by Crippen LogP contribution is -2.37. The van der Waals surface area contributed by atoms with E-state index in [1.807, 2.05) is 0 Å². The van der Waals surface area contributed by atoms with Gasteiger partial charge in [-0.05, 0) is 38.8 Å². The lowest BCUT2D eigenvalue weighted by molar-refractivity contribution is -0.137. The van der Waals surface area contributed by atoms with Crippen molar-refractivity contribution in [2.75, 3.05) is 13.1 Å². The van der Waals surface area contributed by atoms with Crippen molar-refractivity contribution in [2.24, 2.45) is 11.5 Å². The topological polar surface area (TPSA) is 101 Å². The molecule has 0 radical (unpaired) electrons. The third-order valence-electron chi connectivity index (χ3n) is 2.19. The van der Waals surface area contributed by atoms with Gasteiger partial charge < -0.3 is 21.9 Å². The van der Waals surface area contributed by atoms with E-state index in [-0.39, 0.29) is 49.8 Å². The van der Waals surface area contributed by atoms with Gasteiger partial charge in [-0.15, -0.1) is 37.2 Å². The third-order valence-corrected chi connectivity index (χ3v) is 2.19. The number of carboxylic acids is 1. The maximum atomic E-state index is 10.2. The van der Waals surface area contributed by atoms with Crippen LogP contribution in [0.2, 0.25) is 0 Å². The maximum Gasteiger partial charge on any atom is 0.303 e. The highest BCUT2D eigenvalue weighted by Crippen LogP contribution is 1.98. The minimum atomic E-state index is -0.759. The Hall–Kier alpha value is 0.220. The number of nitrogens with two attached hydrogens (primary N) is 2. The summed E-state index contributed by atoms with van der Waals surface area (Å²) < 4.78 is 0. The first kappa shape index (κ1) is 26.7. The molecule has 0 saturated carbocycles. The minimum Gasteiger partial charge on any atom is -0.481 e. The Labute approximate surface area is 128 Å². The summed E-state index contributed by atoms with van der Waals surface area (Å²) in [6, 6.07) is 0. The molecule has 0 fully saturated rings. The SMILES string of the molecule is Cl.Cl.Cl.NCCCCCNC(N)CCCC(=O)O. The number of hydrogen-bond acceptors (Lipinski definition) is 4. The van der Waals surface area contributed by atoms with Crippen molar-refractivity contribution in [1.82, 2.24) is 5.32 Å². The van der Waals surface area contributed by atoms with Gasteiger partial charge in [-0.25, -0.2) is 0 Å². The van der Waals surface area contributed by atoms with Crippen molar-refractivity contribution in [2.45, 2.75) is 44.7 Å². The van der Waals surface area contributed by atoms with Crippen molar-refractivity contribution in [3.05, 3.63) is 0 Å². The Morgan fingerprint density at radius 3 is 2.22 bits per heavy atom. The molecule has 1 atom stereocenters. The van der Waals surface area contributed by atoms with Gasteiger partial charge in [0.25, 0.3) is 0 Å². The predicted molar refractivity (Wildman–Crippen MR) is 82.1 cm³/mol. The average molecular weight is 327 g/mol. The van der Waals surface area contributed by atoms with Crippen LogP contribution >= 0.6 is 37.2 Å². The van der Waals surface area contributed by atoms with Gasteiger partial charge in [0.05, 0.1) is 6.17 Å². The van der Waals surface area contributed by atoms with Crippen molar-refractivity contribution < 1.29 is 9.90 Å². The molecule has 0 bridgehead atoms. The van der Waals surface area contributed by atoms with E-state index in [1.165, 1.54) is 0 Å². The number of nitrogens with one attached hydrogen (secondary N) is 1. The van der Waals surface area contributed by atoms with Gasteiger partial charge in [-0.3, -0.25) is 4.79 Å². The van der Waals surface area contributed by atoms with E-state index in [1.54, 1.807) is 0 Å². The fourth-order valence-corrected chi connectivity index (χ4v) is 1.31. The summed E-state index contributed by atoms with van der Waals surface area (Å²) in [6.07, 6.45) is 4.70. The Balaban J connectivity index is -0.000000327. The Kier molecular flexibility index (Phi) is 29.0. The smallest absolute Gasteiger partial charge is 0.303 e. The van der Waals surface area contributed by atoms with E-state index >= 15 is 0 Å². The van der Waals surface area contributed by atoms with Gasteiger partial charge in [0.15, 0.2) is 0 Å². The molecule has 0 saturated heterocycles. The van der Waals surface area contributed by atoms with E-state index in [4.69, 9.17) is 16.6 Å². The first-order valence-corrected chi connectivity index (χ1v) is 5.57. The second kappa shape index (κ2) is 19.6. The van der Waals surface area contributed by atoms with Crippen molar-refractivity contribution in [3.63, 3.8) is 0 Å². The molecule has 5 nitrogen and oxygen atoms in total. The molecule has 114 valence electrons. The van der Waals surface area contributed by atoms with E-state index in [0.29, 0.717) is 12.8 Å². The Bertz CT molecular complexity index is 176. The summed E-state index contributed by atoms with van der Waals surface area (Å²) in [6.45, 7) is 1.62. The van der Waals surface area contributed by atoms with Crippen LogP contribution in [0.15, 0.2) is 0 Å².